The molecule has 2 N–H and O–H groups in total. The second kappa shape index (κ2) is 5.36. The van der Waals surface area contributed by atoms with Gasteiger partial charge in [0.15, 0.2) is 0 Å². The van der Waals surface area contributed by atoms with E-state index in [9.17, 15) is 4.79 Å². The highest BCUT2D eigenvalue weighted by atomic mass is 35.5. The predicted octanol–water partition coefficient (Wildman–Crippen LogP) is 2.40. The Morgan fingerprint density at radius 1 is 1.56 bits per heavy atom. The number of pyridine rings is 1. The number of carbonyl (C=O) groups excluding carboxylic acids is 1. The summed E-state index contributed by atoms with van der Waals surface area (Å²) in [5.41, 5.74) is 0.278. The smallest absolute Gasteiger partial charge is 0.271 e. The molecule has 0 aromatic carbocycles. The Morgan fingerprint density at radius 3 is 2.83 bits per heavy atom. The van der Waals surface area contributed by atoms with Crippen LogP contribution in [0.15, 0.2) is 12.1 Å². The molecule has 4 nitrogen and oxygen atoms in total. The summed E-state index contributed by atoms with van der Waals surface area (Å²) in [6.45, 7) is 0.675. The number of anilines is 1. The van der Waals surface area contributed by atoms with E-state index in [2.05, 4.69) is 21.9 Å². The fourth-order valence-electron chi connectivity index (χ4n) is 1.66. The molecule has 0 spiro atoms. The molecule has 1 heterocycles. The minimum atomic E-state index is -0.211. The Kier molecular flexibility index (Phi) is 4.02. The summed E-state index contributed by atoms with van der Waals surface area (Å²) in [5, 5.41) is 6.18. The Hall–Kier alpha value is -0.940. The summed E-state index contributed by atoms with van der Waals surface area (Å²) >= 11 is 7.80. The van der Waals surface area contributed by atoms with Crippen molar-refractivity contribution < 1.29 is 4.79 Å². The zero-order valence-corrected chi connectivity index (χ0v) is 12.0. The number of nitrogens with one attached hydrogen (secondary N) is 2. The highest BCUT2D eigenvalue weighted by Crippen LogP contribution is 2.46. The molecule has 1 fully saturated rings. The summed E-state index contributed by atoms with van der Waals surface area (Å²) in [5.74, 6) is 0.424. The van der Waals surface area contributed by atoms with Crippen LogP contribution in [-0.2, 0) is 0 Å². The maximum atomic E-state index is 12.0. The van der Waals surface area contributed by atoms with E-state index in [1.807, 2.05) is 0 Å². The van der Waals surface area contributed by atoms with Gasteiger partial charge in [0, 0.05) is 18.3 Å². The lowest BCUT2D eigenvalue weighted by Gasteiger charge is -2.13. The van der Waals surface area contributed by atoms with E-state index >= 15 is 0 Å². The van der Waals surface area contributed by atoms with Gasteiger partial charge < -0.3 is 10.6 Å². The second-order valence-corrected chi connectivity index (χ2v) is 6.03. The van der Waals surface area contributed by atoms with Crippen molar-refractivity contribution in [1.29, 1.82) is 0 Å². The summed E-state index contributed by atoms with van der Waals surface area (Å²) in [6.07, 6.45) is 4.39. The molecular weight excluding hydrogens is 270 g/mol. The van der Waals surface area contributed by atoms with E-state index in [0.717, 1.165) is 12.8 Å². The maximum absolute atomic E-state index is 12.0. The Labute approximate surface area is 116 Å². The fourth-order valence-corrected chi connectivity index (χ4v) is 2.58. The van der Waals surface area contributed by atoms with Gasteiger partial charge in [-0.25, -0.2) is 4.98 Å². The van der Waals surface area contributed by atoms with Crippen LogP contribution in [0.4, 0.5) is 5.82 Å². The maximum Gasteiger partial charge on any atom is 0.271 e. The highest BCUT2D eigenvalue weighted by molar-refractivity contribution is 8.00. The van der Waals surface area contributed by atoms with Gasteiger partial charge in [-0.3, -0.25) is 4.79 Å². The summed E-state index contributed by atoms with van der Waals surface area (Å²) in [4.78, 5) is 16.2. The minimum absolute atomic E-state index is 0.211. The van der Waals surface area contributed by atoms with Crippen LogP contribution in [0.2, 0.25) is 5.02 Å². The first kappa shape index (κ1) is 13.5. The molecule has 0 unspecified atom stereocenters. The molecule has 0 bridgehead atoms. The van der Waals surface area contributed by atoms with Crippen LogP contribution in [0.3, 0.4) is 0 Å². The molecule has 1 aromatic heterocycles. The van der Waals surface area contributed by atoms with E-state index in [1.165, 1.54) is 0 Å². The summed E-state index contributed by atoms with van der Waals surface area (Å²) in [7, 11) is 1.75. The molecule has 18 heavy (non-hydrogen) atoms. The fraction of sp³-hybridized carbons (Fsp3) is 0.500. The largest absolute Gasteiger partial charge is 0.373 e. The Morgan fingerprint density at radius 2 is 2.28 bits per heavy atom. The van der Waals surface area contributed by atoms with E-state index in [-0.39, 0.29) is 16.3 Å². The molecule has 1 aliphatic carbocycles. The summed E-state index contributed by atoms with van der Waals surface area (Å²) < 4.78 is 0.239. The van der Waals surface area contributed by atoms with Crippen LogP contribution in [-0.4, -0.2) is 35.5 Å². The highest BCUT2D eigenvalue weighted by Gasteiger charge is 2.42. The monoisotopic (exact) mass is 285 g/mol. The first-order valence-electron chi connectivity index (χ1n) is 5.78. The van der Waals surface area contributed by atoms with Gasteiger partial charge >= 0.3 is 0 Å². The Bertz CT molecular complexity index is 463. The zero-order chi connectivity index (χ0) is 13.2. The van der Waals surface area contributed by atoms with Crippen molar-refractivity contribution in [3.63, 3.8) is 0 Å². The third kappa shape index (κ3) is 2.90. The Balaban J connectivity index is 2.04. The van der Waals surface area contributed by atoms with E-state index in [4.69, 9.17) is 11.6 Å². The number of rotatable bonds is 5. The van der Waals surface area contributed by atoms with Crippen molar-refractivity contribution in [3.05, 3.63) is 22.8 Å². The summed E-state index contributed by atoms with van der Waals surface area (Å²) in [6, 6.07) is 3.42. The van der Waals surface area contributed by atoms with Crippen molar-refractivity contribution >= 4 is 35.1 Å². The molecule has 1 saturated carbocycles. The van der Waals surface area contributed by atoms with Gasteiger partial charge in [-0.15, -0.1) is 0 Å². The first-order valence-corrected chi connectivity index (χ1v) is 7.38. The van der Waals surface area contributed by atoms with Crippen molar-refractivity contribution in [2.45, 2.75) is 17.6 Å². The molecule has 0 atom stereocenters. The number of thioether (sulfide) groups is 1. The molecular formula is C12H16ClN3OS. The third-order valence-corrected chi connectivity index (χ3v) is 4.85. The number of halogens is 1. The number of aromatic nitrogens is 1. The predicted molar refractivity (Wildman–Crippen MR) is 76.6 cm³/mol. The van der Waals surface area contributed by atoms with Crippen LogP contribution >= 0.6 is 23.4 Å². The number of carbonyl (C=O) groups is 1. The molecule has 0 aliphatic heterocycles. The zero-order valence-electron chi connectivity index (χ0n) is 10.4. The first-order chi connectivity index (χ1) is 8.60. The number of nitrogens with zero attached hydrogens (tertiary/aromatic N) is 1. The van der Waals surface area contributed by atoms with Crippen molar-refractivity contribution in [2.75, 3.05) is 25.2 Å². The normalized spacial score (nSPS) is 16.2. The third-order valence-electron chi connectivity index (χ3n) is 3.13. The topological polar surface area (TPSA) is 54.0 Å². The number of hydrogen-bond acceptors (Lipinski definition) is 4. The van der Waals surface area contributed by atoms with Crippen LogP contribution in [0, 0.1) is 0 Å². The van der Waals surface area contributed by atoms with Crippen LogP contribution in [0.1, 0.15) is 23.3 Å². The lowest BCUT2D eigenvalue weighted by atomic mass is 10.3. The number of amides is 1. The minimum Gasteiger partial charge on any atom is -0.373 e. The standard InChI is InChI=1S/C12H16ClN3OS/c1-14-9-4-3-8(13)10(16-9)11(17)15-7-12(18-2)5-6-12/h3-4H,5-7H2,1-2H3,(H,14,16)(H,15,17). The molecule has 1 aromatic rings. The van der Waals surface area contributed by atoms with Crippen molar-refractivity contribution in [2.24, 2.45) is 0 Å². The van der Waals surface area contributed by atoms with Crippen LogP contribution in [0.5, 0.6) is 0 Å². The van der Waals surface area contributed by atoms with Gasteiger partial charge in [0.25, 0.3) is 5.91 Å². The van der Waals surface area contributed by atoms with E-state index in [0.29, 0.717) is 17.4 Å². The average molecular weight is 286 g/mol. The molecule has 1 aliphatic rings. The van der Waals surface area contributed by atoms with E-state index in [1.54, 1.807) is 30.9 Å². The van der Waals surface area contributed by atoms with Gasteiger partial charge in [-0.1, -0.05) is 11.6 Å². The molecule has 98 valence electrons. The molecule has 0 radical (unpaired) electrons. The SMILES string of the molecule is CNc1ccc(Cl)c(C(=O)NCC2(SC)CC2)n1. The van der Waals surface area contributed by atoms with Crippen LogP contribution < -0.4 is 10.6 Å². The quantitative estimate of drug-likeness (QED) is 0.872. The second-order valence-electron chi connectivity index (χ2n) is 4.35. The molecule has 2 rings (SSSR count). The molecule has 1 amide bonds. The lowest BCUT2D eigenvalue weighted by Crippen LogP contribution is -2.32. The van der Waals surface area contributed by atoms with Crippen molar-refractivity contribution in [3.8, 4) is 0 Å². The van der Waals surface area contributed by atoms with E-state index < -0.39 is 0 Å². The van der Waals surface area contributed by atoms with Gasteiger partial charge in [-0.2, -0.15) is 11.8 Å². The van der Waals surface area contributed by atoms with Gasteiger partial charge in [0.05, 0.1) is 5.02 Å². The van der Waals surface area contributed by atoms with Gasteiger partial charge in [0.1, 0.15) is 11.5 Å². The van der Waals surface area contributed by atoms with Gasteiger partial charge in [-0.05, 0) is 31.2 Å². The molecule has 0 saturated heterocycles. The average Bonchev–Trinajstić information content (AvgIpc) is 3.17. The lowest BCUT2D eigenvalue weighted by molar-refractivity contribution is 0.0948. The number of hydrogen-bond donors (Lipinski definition) is 2. The van der Waals surface area contributed by atoms with Crippen LogP contribution in [0.25, 0.3) is 0 Å². The van der Waals surface area contributed by atoms with Gasteiger partial charge in [0.2, 0.25) is 0 Å². The van der Waals surface area contributed by atoms with Crippen molar-refractivity contribution in [1.82, 2.24) is 10.3 Å². The molecule has 6 heteroatoms.